The first kappa shape index (κ1) is 18.7. The smallest absolute Gasteiger partial charge is 0.242 e. The molecule has 0 aromatic heterocycles. The van der Waals surface area contributed by atoms with Crippen LogP contribution < -0.4 is 10.6 Å². The molecule has 3 rings (SSSR count). The van der Waals surface area contributed by atoms with Crippen LogP contribution in [0.15, 0.2) is 24.3 Å². The summed E-state index contributed by atoms with van der Waals surface area (Å²) in [5, 5.41) is 0. The molecular formula is C21H31N3O2. The van der Waals surface area contributed by atoms with Crippen molar-refractivity contribution in [3.63, 3.8) is 0 Å². The highest BCUT2D eigenvalue weighted by Gasteiger charge is 2.35. The fourth-order valence-corrected chi connectivity index (χ4v) is 4.65. The van der Waals surface area contributed by atoms with Gasteiger partial charge in [-0.3, -0.25) is 9.59 Å². The zero-order chi connectivity index (χ0) is 18.7. The summed E-state index contributed by atoms with van der Waals surface area (Å²) >= 11 is 0. The van der Waals surface area contributed by atoms with Gasteiger partial charge in [-0.15, -0.1) is 0 Å². The Morgan fingerprint density at radius 1 is 1.19 bits per heavy atom. The van der Waals surface area contributed by atoms with Crippen LogP contribution in [0.25, 0.3) is 0 Å². The van der Waals surface area contributed by atoms with Crippen molar-refractivity contribution in [1.29, 1.82) is 0 Å². The lowest BCUT2D eigenvalue weighted by atomic mass is 9.85. The van der Waals surface area contributed by atoms with Crippen molar-refractivity contribution in [2.75, 3.05) is 18.0 Å². The minimum atomic E-state index is -0.285. The molecule has 0 spiro atoms. The molecule has 0 bridgehead atoms. The zero-order valence-corrected chi connectivity index (χ0v) is 16.0. The van der Waals surface area contributed by atoms with Gasteiger partial charge in [0.05, 0.1) is 12.5 Å². The molecule has 1 saturated carbocycles. The third-order valence-corrected chi connectivity index (χ3v) is 6.06. The second-order valence-corrected chi connectivity index (χ2v) is 7.70. The number of rotatable bonds is 5. The van der Waals surface area contributed by atoms with Crippen molar-refractivity contribution in [3.05, 3.63) is 29.8 Å². The van der Waals surface area contributed by atoms with Gasteiger partial charge in [-0.2, -0.15) is 0 Å². The second-order valence-electron chi connectivity index (χ2n) is 7.70. The molecule has 142 valence electrons. The number of anilines is 1. The van der Waals surface area contributed by atoms with Gasteiger partial charge in [-0.05, 0) is 44.7 Å². The van der Waals surface area contributed by atoms with E-state index in [-0.39, 0.29) is 23.8 Å². The van der Waals surface area contributed by atoms with Crippen molar-refractivity contribution in [2.45, 2.75) is 70.4 Å². The molecule has 2 atom stereocenters. The summed E-state index contributed by atoms with van der Waals surface area (Å²) in [7, 11) is 0. The van der Waals surface area contributed by atoms with Gasteiger partial charge in [0.15, 0.2) is 0 Å². The fourth-order valence-electron chi connectivity index (χ4n) is 4.65. The number of likely N-dealkylation sites (N-methyl/N-ethyl adjacent to an activating group) is 1. The van der Waals surface area contributed by atoms with E-state index in [0.29, 0.717) is 19.0 Å². The Morgan fingerprint density at radius 2 is 1.88 bits per heavy atom. The Kier molecular flexibility index (Phi) is 5.84. The Labute approximate surface area is 156 Å². The topological polar surface area (TPSA) is 66.6 Å². The normalized spacial score (nSPS) is 23.4. The van der Waals surface area contributed by atoms with E-state index in [2.05, 4.69) is 23.6 Å². The largest absolute Gasteiger partial charge is 0.369 e. The van der Waals surface area contributed by atoms with Crippen LogP contribution in [0, 0.1) is 0 Å². The van der Waals surface area contributed by atoms with E-state index in [0.717, 1.165) is 30.6 Å². The van der Waals surface area contributed by atoms with Gasteiger partial charge in [0.25, 0.3) is 0 Å². The number of nitrogens with two attached hydrogens (primary N) is 1. The molecule has 1 aliphatic heterocycles. The number of carbonyl (C=O) groups excluding carboxylic acids is 2. The molecule has 0 unspecified atom stereocenters. The molecule has 5 nitrogen and oxygen atoms in total. The first-order valence-electron chi connectivity index (χ1n) is 9.97. The summed E-state index contributed by atoms with van der Waals surface area (Å²) in [6, 6.07) is 8.36. The number of fused-ring (bicyclic) bond motifs is 1. The molecule has 26 heavy (non-hydrogen) atoms. The van der Waals surface area contributed by atoms with E-state index >= 15 is 0 Å². The summed E-state index contributed by atoms with van der Waals surface area (Å²) in [4.78, 5) is 29.2. The predicted octanol–water partition coefficient (Wildman–Crippen LogP) is 3.04. The van der Waals surface area contributed by atoms with Crippen molar-refractivity contribution >= 4 is 17.5 Å². The van der Waals surface area contributed by atoms with E-state index in [9.17, 15) is 9.59 Å². The molecule has 5 heteroatoms. The molecular weight excluding hydrogens is 326 g/mol. The number of nitrogens with zero attached hydrogens (tertiary/aromatic N) is 2. The molecule has 1 fully saturated rings. The predicted molar refractivity (Wildman–Crippen MR) is 104 cm³/mol. The van der Waals surface area contributed by atoms with Crippen molar-refractivity contribution < 1.29 is 9.59 Å². The lowest BCUT2D eigenvalue weighted by Gasteiger charge is -2.41. The Balaban J connectivity index is 1.80. The highest BCUT2D eigenvalue weighted by molar-refractivity contribution is 5.87. The quantitative estimate of drug-likeness (QED) is 0.881. The SMILES string of the molecule is CCN(C(=O)CN1c2ccccc2[C@@H](C(N)=O)C[C@@H]1C)C1CCCCC1. The summed E-state index contributed by atoms with van der Waals surface area (Å²) in [5.74, 6) is -0.362. The standard InChI is InChI=1S/C21H31N3O2/c1-3-23(16-9-5-4-6-10-16)20(25)14-24-15(2)13-18(21(22)26)17-11-7-8-12-19(17)24/h7-8,11-12,15-16,18H,3-6,9-10,13-14H2,1-2H3,(H2,22,26)/t15-,18-/m0/s1. The Bertz CT molecular complexity index is 654. The van der Waals surface area contributed by atoms with Gasteiger partial charge in [0, 0.05) is 24.3 Å². The maximum Gasteiger partial charge on any atom is 0.242 e. The van der Waals surface area contributed by atoms with Gasteiger partial charge in [-0.25, -0.2) is 0 Å². The zero-order valence-electron chi connectivity index (χ0n) is 16.0. The summed E-state index contributed by atoms with van der Waals surface area (Å²) in [6.45, 7) is 5.28. The lowest BCUT2D eigenvalue weighted by Crippen LogP contribution is -2.50. The second kappa shape index (κ2) is 8.11. The molecule has 2 aliphatic rings. The lowest BCUT2D eigenvalue weighted by molar-refractivity contribution is -0.132. The highest BCUT2D eigenvalue weighted by Crippen LogP contribution is 2.38. The first-order chi connectivity index (χ1) is 12.5. The summed E-state index contributed by atoms with van der Waals surface area (Å²) in [6.07, 6.45) is 6.63. The maximum absolute atomic E-state index is 13.1. The number of amides is 2. The Morgan fingerprint density at radius 3 is 2.54 bits per heavy atom. The van der Waals surface area contributed by atoms with Crippen LogP contribution in [-0.4, -0.2) is 41.9 Å². The average Bonchev–Trinajstić information content (AvgIpc) is 2.65. The van der Waals surface area contributed by atoms with Crippen LogP contribution in [0.3, 0.4) is 0 Å². The molecule has 1 aromatic carbocycles. The fraction of sp³-hybridized carbons (Fsp3) is 0.619. The van der Waals surface area contributed by atoms with Gasteiger partial charge in [-0.1, -0.05) is 37.5 Å². The van der Waals surface area contributed by atoms with Crippen molar-refractivity contribution in [3.8, 4) is 0 Å². The maximum atomic E-state index is 13.1. The van der Waals surface area contributed by atoms with E-state index < -0.39 is 0 Å². The molecule has 1 aliphatic carbocycles. The third-order valence-electron chi connectivity index (χ3n) is 6.06. The van der Waals surface area contributed by atoms with Gasteiger partial charge in [0.2, 0.25) is 11.8 Å². The number of para-hydroxylation sites is 1. The number of primary amides is 1. The van der Waals surface area contributed by atoms with Crippen LogP contribution >= 0.6 is 0 Å². The molecule has 2 N–H and O–H groups in total. The van der Waals surface area contributed by atoms with Crippen LogP contribution in [0.2, 0.25) is 0 Å². The van der Waals surface area contributed by atoms with E-state index in [4.69, 9.17) is 5.73 Å². The van der Waals surface area contributed by atoms with Gasteiger partial charge < -0.3 is 15.5 Å². The monoisotopic (exact) mass is 357 g/mol. The first-order valence-corrected chi connectivity index (χ1v) is 9.97. The number of benzene rings is 1. The minimum Gasteiger partial charge on any atom is -0.369 e. The molecule has 0 saturated heterocycles. The number of carbonyl (C=O) groups is 2. The summed E-state index contributed by atoms with van der Waals surface area (Å²) in [5.41, 5.74) is 7.55. The molecule has 1 aromatic rings. The van der Waals surface area contributed by atoms with Crippen molar-refractivity contribution in [1.82, 2.24) is 4.90 Å². The van der Waals surface area contributed by atoms with Crippen LogP contribution in [-0.2, 0) is 9.59 Å². The minimum absolute atomic E-state index is 0.108. The van der Waals surface area contributed by atoms with E-state index in [1.54, 1.807) is 0 Å². The summed E-state index contributed by atoms with van der Waals surface area (Å²) < 4.78 is 0. The third kappa shape index (κ3) is 3.71. The Hall–Kier alpha value is -2.04. The van der Waals surface area contributed by atoms with Gasteiger partial charge >= 0.3 is 0 Å². The number of hydrogen-bond donors (Lipinski definition) is 1. The molecule has 1 heterocycles. The average molecular weight is 357 g/mol. The van der Waals surface area contributed by atoms with Gasteiger partial charge in [0.1, 0.15) is 0 Å². The van der Waals surface area contributed by atoms with Crippen LogP contribution in [0.4, 0.5) is 5.69 Å². The van der Waals surface area contributed by atoms with E-state index in [1.165, 1.54) is 19.3 Å². The molecule has 2 amide bonds. The highest BCUT2D eigenvalue weighted by atomic mass is 16.2. The van der Waals surface area contributed by atoms with E-state index in [1.807, 2.05) is 24.3 Å². The molecule has 0 radical (unpaired) electrons. The van der Waals surface area contributed by atoms with Crippen LogP contribution in [0.5, 0.6) is 0 Å². The van der Waals surface area contributed by atoms with Crippen molar-refractivity contribution in [2.24, 2.45) is 5.73 Å². The number of hydrogen-bond acceptors (Lipinski definition) is 3. The van der Waals surface area contributed by atoms with Crippen LogP contribution in [0.1, 0.15) is 63.9 Å².